The first-order valence-electron chi connectivity index (χ1n) is 12.7. The molecule has 0 aliphatic rings. The molecule has 0 aliphatic carbocycles. The predicted molar refractivity (Wildman–Crippen MR) is 168 cm³/mol. The second kappa shape index (κ2) is 10.9. The number of benzene rings is 6. The van der Waals surface area contributed by atoms with E-state index in [1.807, 2.05) is 36.4 Å². The average Bonchev–Trinajstić information content (AvgIpc) is 2.96. The minimum Gasteiger partial charge on any atom is -0.375 e. The molecule has 0 saturated carbocycles. The highest BCUT2D eigenvalue weighted by atomic mass is 32.1. The number of fused-ring (bicyclic) bond motifs is 2. The summed E-state index contributed by atoms with van der Waals surface area (Å²) < 4.78 is 0. The van der Waals surface area contributed by atoms with Crippen LogP contribution in [0.4, 0.5) is 11.4 Å². The molecule has 186 valence electrons. The van der Waals surface area contributed by atoms with Gasteiger partial charge in [0.15, 0.2) is 0 Å². The van der Waals surface area contributed by atoms with Gasteiger partial charge < -0.3 is 10.6 Å². The van der Waals surface area contributed by atoms with Crippen LogP contribution in [0, 0.1) is 0 Å². The molecule has 0 saturated heterocycles. The Bertz CT molecular complexity index is 1590. The van der Waals surface area contributed by atoms with E-state index in [4.69, 9.17) is 25.3 Å². The van der Waals surface area contributed by atoms with Crippen molar-refractivity contribution >= 4 is 58.2 Å². The van der Waals surface area contributed by atoms with Crippen molar-refractivity contribution in [2.75, 3.05) is 10.6 Å². The van der Waals surface area contributed by atoms with Gasteiger partial charge in [0.25, 0.3) is 0 Å². The average molecular weight is 529 g/mol. The normalized spacial score (nSPS) is 12.8. The van der Waals surface area contributed by atoms with Crippen molar-refractivity contribution in [1.82, 2.24) is 0 Å². The largest absolute Gasteiger partial charge is 0.375 e. The Morgan fingerprint density at radius 3 is 1.21 bits per heavy atom. The van der Waals surface area contributed by atoms with Gasteiger partial charge in [0, 0.05) is 21.2 Å². The summed E-state index contributed by atoms with van der Waals surface area (Å²) in [5.74, 6) is 0. The molecule has 0 aromatic heterocycles. The molecule has 38 heavy (non-hydrogen) atoms. The van der Waals surface area contributed by atoms with Crippen LogP contribution in [-0.2, 0) is 0 Å². The van der Waals surface area contributed by atoms with Gasteiger partial charge in [-0.2, -0.15) is 0 Å². The molecule has 6 aromatic rings. The zero-order chi connectivity index (χ0) is 25.9. The van der Waals surface area contributed by atoms with Crippen LogP contribution < -0.4 is 10.6 Å². The van der Waals surface area contributed by atoms with Gasteiger partial charge in [0.05, 0.1) is 12.1 Å². The van der Waals surface area contributed by atoms with E-state index >= 15 is 0 Å². The summed E-state index contributed by atoms with van der Waals surface area (Å²) >= 11 is 9.59. The third-order valence-corrected chi connectivity index (χ3v) is 7.86. The van der Waals surface area contributed by atoms with E-state index in [9.17, 15) is 0 Å². The summed E-state index contributed by atoms with van der Waals surface area (Å²) in [4.78, 5) is 1.81. The lowest BCUT2D eigenvalue weighted by Gasteiger charge is -2.33. The van der Waals surface area contributed by atoms with Crippen molar-refractivity contribution in [3.63, 3.8) is 0 Å². The number of thiol groups is 2. The van der Waals surface area contributed by atoms with E-state index in [0.29, 0.717) is 0 Å². The first-order valence-corrected chi connectivity index (χ1v) is 13.6. The summed E-state index contributed by atoms with van der Waals surface area (Å²) in [6.45, 7) is 0. The molecule has 2 atom stereocenters. The lowest BCUT2D eigenvalue weighted by molar-refractivity contribution is 0.655. The van der Waals surface area contributed by atoms with E-state index in [-0.39, 0.29) is 12.1 Å². The van der Waals surface area contributed by atoms with Gasteiger partial charge in [0.2, 0.25) is 0 Å². The molecule has 0 spiro atoms. The molecular weight excluding hydrogens is 501 g/mol. The predicted octanol–water partition coefficient (Wildman–Crippen LogP) is 9.58. The van der Waals surface area contributed by atoms with E-state index < -0.39 is 0 Å². The second-order valence-corrected chi connectivity index (χ2v) is 10.4. The lowest BCUT2D eigenvalue weighted by atomic mass is 9.87. The maximum absolute atomic E-state index is 4.79. The molecule has 0 amide bonds. The Kier molecular flexibility index (Phi) is 7.00. The van der Waals surface area contributed by atoms with Crippen LogP contribution in [0.15, 0.2) is 143 Å². The van der Waals surface area contributed by atoms with Crippen molar-refractivity contribution in [2.45, 2.75) is 21.9 Å². The maximum atomic E-state index is 4.79. The zero-order valence-electron chi connectivity index (χ0n) is 20.8. The molecule has 0 bridgehead atoms. The molecule has 6 aromatic carbocycles. The van der Waals surface area contributed by atoms with E-state index in [1.54, 1.807) is 0 Å². The number of hydrogen-bond donors (Lipinski definition) is 4. The molecule has 6 rings (SSSR count). The number of anilines is 2. The minimum atomic E-state index is -0.131. The molecule has 0 aliphatic heterocycles. The van der Waals surface area contributed by atoms with Crippen LogP contribution in [0.1, 0.15) is 23.2 Å². The summed E-state index contributed by atoms with van der Waals surface area (Å²) in [6, 6.07) is 46.3. The molecule has 0 heterocycles. The first-order chi connectivity index (χ1) is 18.7. The van der Waals surface area contributed by atoms with E-state index in [2.05, 4.69) is 108 Å². The van der Waals surface area contributed by atoms with Crippen LogP contribution in [0.5, 0.6) is 0 Å². The fraction of sp³-hybridized carbons (Fsp3) is 0.0588. The molecule has 0 unspecified atom stereocenters. The Hall–Kier alpha value is -3.86. The Balaban J connectivity index is 1.61. The third-order valence-electron chi connectivity index (χ3n) is 7.08. The van der Waals surface area contributed by atoms with Gasteiger partial charge in [-0.15, -0.1) is 25.3 Å². The quantitative estimate of drug-likeness (QED) is 0.155. The van der Waals surface area contributed by atoms with Crippen LogP contribution in [0.2, 0.25) is 0 Å². The number of para-hydroxylation sites is 2. The molecule has 0 radical (unpaired) electrons. The van der Waals surface area contributed by atoms with E-state index in [1.165, 1.54) is 32.7 Å². The fourth-order valence-electron chi connectivity index (χ4n) is 5.25. The summed E-state index contributed by atoms with van der Waals surface area (Å²) in [6.07, 6.45) is 0. The molecule has 0 fully saturated rings. The number of rotatable bonds is 7. The number of nitrogens with one attached hydrogen (secondary N) is 2. The summed E-state index contributed by atoms with van der Waals surface area (Å²) in [5.41, 5.74) is 4.39. The third kappa shape index (κ3) is 4.85. The molecule has 2 nitrogen and oxygen atoms in total. The van der Waals surface area contributed by atoms with Gasteiger partial charge in [0.1, 0.15) is 0 Å². The highest BCUT2D eigenvalue weighted by molar-refractivity contribution is 7.80. The van der Waals surface area contributed by atoms with Crippen LogP contribution in [-0.4, -0.2) is 0 Å². The van der Waals surface area contributed by atoms with Crippen LogP contribution in [0.25, 0.3) is 21.5 Å². The SMILES string of the molecule is Sc1ccccc1N[C@H](c1cccc2ccccc12)[C@H](Nc1ccccc1S)c1cccc2ccccc12. The second-order valence-electron chi connectivity index (χ2n) is 9.42. The topological polar surface area (TPSA) is 24.1 Å². The van der Waals surface area contributed by atoms with Gasteiger partial charge in [-0.1, -0.05) is 109 Å². The highest BCUT2D eigenvalue weighted by Crippen LogP contribution is 2.42. The zero-order valence-corrected chi connectivity index (χ0v) is 22.5. The van der Waals surface area contributed by atoms with Crippen molar-refractivity contribution < 1.29 is 0 Å². The van der Waals surface area contributed by atoms with Gasteiger partial charge in [-0.25, -0.2) is 0 Å². The van der Waals surface area contributed by atoms with E-state index in [0.717, 1.165) is 21.2 Å². The monoisotopic (exact) mass is 528 g/mol. The van der Waals surface area contributed by atoms with Gasteiger partial charge >= 0.3 is 0 Å². The smallest absolute Gasteiger partial charge is 0.0763 e. The Morgan fingerprint density at radius 2 is 0.763 bits per heavy atom. The van der Waals surface area contributed by atoms with Crippen LogP contribution in [0.3, 0.4) is 0 Å². The summed E-state index contributed by atoms with van der Waals surface area (Å²) in [5, 5.41) is 12.6. The minimum absolute atomic E-state index is 0.131. The van der Waals surface area contributed by atoms with Crippen molar-refractivity contribution in [3.8, 4) is 0 Å². The standard InChI is InChI=1S/C34H28N2S2/c37-31-21-7-5-19-29(31)35-33(27-17-9-13-23-11-1-3-15-25(23)27)34(36-30-20-6-8-22-32(30)38)28-18-10-14-24-12-2-4-16-26(24)28/h1-22,33-38H/t33-,34-/m1/s1. The van der Waals surface area contributed by atoms with Gasteiger partial charge in [-0.3, -0.25) is 0 Å². The van der Waals surface area contributed by atoms with Gasteiger partial charge in [-0.05, 0) is 56.9 Å². The Labute approximate surface area is 234 Å². The van der Waals surface area contributed by atoms with Crippen molar-refractivity contribution in [2.24, 2.45) is 0 Å². The lowest BCUT2D eigenvalue weighted by Crippen LogP contribution is -2.26. The van der Waals surface area contributed by atoms with Crippen LogP contribution >= 0.6 is 25.3 Å². The maximum Gasteiger partial charge on any atom is 0.0763 e. The highest BCUT2D eigenvalue weighted by Gasteiger charge is 2.28. The Morgan fingerprint density at radius 1 is 0.395 bits per heavy atom. The van der Waals surface area contributed by atoms with Crippen molar-refractivity contribution in [3.05, 3.63) is 145 Å². The fourth-order valence-corrected chi connectivity index (χ4v) is 5.70. The molecular formula is C34H28N2S2. The van der Waals surface area contributed by atoms with Crippen molar-refractivity contribution in [1.29, 1.82) is 0 Å². The number of hydrogen-bond acceptors (Lipinski definition) is 4. The molecule has 4 heteroatoms. The first kappa shape index (κ1) is 24.5. The summed E-state index contributed by atoms with van der Waals surface area (Å²) in [7, 11) is 0. The molecule has 2 N–H and O–H groups in total.